The highest BCUT2D eigenvalue weighted by atomic mass is 32.2. The van der Waals surface area contributed by atoms with E-state index in [1.54, 1.807) is 19.1 Å². The normalized spacial score (nSPS) is 13.3. The van der Waals surface area contributed by atoms with Crippen molar-refractivity contribution in [1.29, 1.82) is 0 Å². The van der Waals surface area contributed by atoms with Crippen molar-refractivity contribution in [1.82, 2.24) is 9.88 Å². The molecule has 0 aliphatic heterocycles. The number of nitrogens with one attached hydrogen (secondary N) is 1. The van der Waals surface area contributed by atoms with Crippen molar-refractivity contribution in [3.05, 3.63) is 34.2 Å². The topological polar surface area (TPSA) is 88.4 Å². The number of amides is 1. The third kappa shape index (κ3) is 5.42. The van der Waals surface area contributed by atoms with Crippen LogP contribution in [0.3, 0.4) is 0 Å². The minimum atomic E-state index is -1.06. The summed E-state index contributed by atoms with van der Waals surface area (Å²) in [5.74, 6) is -0.837. The van der Waals surface area contributed by atoms with E-state index in [1.807, 2.05) is 13.2 Å². The molecule has 2 N–H and O–H groups in total. The molecule has 2 unspecified atom stereocenters. The Labute approximate surface area is 140 Å². The van der Waals surface area contributed by atoms with E-state index in [9.17, 15) is 19.5 Å². The Morgan fingerprint density at radius 2 is 2.04 bits per heavy atom. The van der Waals surface area contributed by atoms with Crippen LogP contribution in [0.4, 0.5) is 0 Å². The average molecular weight is 340 g/mol. The van der Waals surface area contributed by atoms with Crippen LogP contribution in [0.1, 0.15) is 37.9 Å². The van der Waals surface area contributed by atoms with Gasteiger partial charge >= 0.3 is 5.97 Å². The third-order valence-corrected chi connectivity index (χ3v) is 4.24. The molecule has 1 amide bonds. The zero-order valence-electron chi connectivity index (χ0n) is 13.7. The number of carboxylic acids is 1. The van der Waals surface area contributed by atoms with Crippen LogP contribution in [0.15, 0.2) is 23.0 Å². The molecule has 0 spiro atoms. The van der Waals surface area contributed by atoms with Gasteiger partial charge in [-0.15, -0.1) is 0 Å². The van der Waals surface area contributed by atoms with Crippen molar-refractivity contribution in [2.75, 3.05) is 12.0 Å². The summed E-state index contributed by atoms with van der Waals surface area (Å²) in [5, 5.41) is 11.8. The molecule has 0 aliphatic carbocycles. The maximum atomic E-state index is 12.6. The number of hydrogen-bond acceptors (Lipinski definition) is 4. The number of rotatable bonds is 9. The van der Waals surface area contributed by atoms with E-state index in [4.69, 9.17) is 0 Å². The van der Waals surface area contributed by atoms with Gasteiger partial charge in [0.1, 0.15) is 12.1 Å². The van der Waals surface area contributed by atoms with Gasteiger partial charge in [-0.1, -0.05) is 19.4 Å². The van der Waals surface area contributed by atoms with E-state index >= 15 is 0 Å². The minimum absolute atomic E-state index is 0.255. The van der Waals surface area contributed by atoms with Crippen LogP contribution in [0, 0.1) is 6.92 Å². The van der Waals surface area contributed by atoms with Crippen molar-refractivity contribution in [2.45, 2.75) is 45.2 Å². The van der Waals surface area contributed by atoms with Crippen LogP contribution in [-0.4, -0.2) is 39.6 Å². The fourth-order valence-corrected chi connectivity index (χ4v) is 2.89. The molecule has 0 fully saturated rings. The lowest BCUT2D eigenvalue weighted by atomic mass is 10.1. The Kier molecular flexibility index (Phi) is 7.88. The number of thioether (sulfide) groups is 1. The second-order valence-corrected chi connectivity index (χ2v) is 6.35. The first-order valence-electron chi connectivity index (χ1n) is 7.62. The van der Waals surface area contributed by atoms with E-state index in [2.05, 4.69) is 5.32 Å². The molecule has 2 atom stereocenters. The predicted molar refractivity (Wildman–Crippen MR) is 91.9 cm³/mol. The van der Waals surface area contributed by atoms with Crippen molar-refractivity contribution in [2.24, 2.45) is 0 Å². The van der Waals surface area contributed by atoms with Crippen LogP contribution in [-0.2, 0) is 9.59 Å². The number of aromatic nitrogens is 1. The number of aliphatic carboxylic acids is 1. The molecule has 1 aromatic rings. The largest absolute Gasteiger partial charge is 0.480 e. The molecule has 128 valence electrons. The second kappa shape index (κ2) is 9.39. The molecule has 0 bridgehead atoms. The van der Waals surface area contributed by atoms with Crippen LogP contribution in [0.5, 0.6) is 0 Å². The van der Waals surface area contributed by atoms with Gasteiger partial charge in [-0.3, -0.25) is 9.59 Å². The number of carboxylic acid groups (broad SMARTS) is 1. The minimum Gasteiger partial charge on any atom is -0.480 e. The van der Waals surface area contributed by atoms with Crippen molar-refractivity contribution in [3.63, 3.8) is 0 Å². The van der Waals surface area contributed by atoms with Crippen molar-refractivity contribution < 1.29 is 14.7 Å². The summed E-state index contributed by atoms with van der Waals surface area (Å²) in [7, 11) is 0. The van der Waals surface area contributed by atoms with Crippen molar-refractivity contribution in [3.8, 4) is 0 Å². The van der Waals surface area contributed by atoms with Gasteiger partial charge in [0.05, 0.1) is 0 Å². The predicted octanol–water partition coefficient (Wildman–Crippen LogP) is 1.82. The zero-order valence-corrected chi connectivity index (χ0v) is 14.6. The highest BCUT2D eigenvalue weighted by Gasteiger charge is 2.26. The molecule has 0 saturated carbocycles. The Morgan fingerprint density at radius 1 is 1.35 bits per heavy atom. The van der Waals surface area contributed by atoms with E-state index in [0.717, 1.165) is 0 Å². The van der Waals surface area contributed by atoms with Gasteiger partial charge in [0.2, 0.25) is 5.91 Å². The molecule has 0 aliphatic rings. The first kappa shape index (κ1) is 19.3. The number of aryl methyl sites for hydroxylation is 1. The molecule has 0 saturated heterocycles. The summed E-state index contributed by atoms with van der Waals surface area (Å²) in [6, 6.07) is 3.19. The smallest absolute Gasteiger partial charge is 0.326 e. The highest BCUT2D eigenvalue weighted by molar-refractivity contribution is 7.98. The molecular formula is C16H24N2O4S. The van der Waals surface area contributed by atoms with E-state index in [-0.39, 0.29) is 5.56 Å². The van der Waals surface area contributed by atoms with Crippen molar-refractivity contribution >= 4 is 23.6 Å². The second-order valence-electron chi connectivity index (χ2n) is 5.36. The third-order valence-electron chi connectivity index (χ3n) is 3.60. The first-order valence-corrected chi connectivity index (χ1v) is 9.02. The van der Waals surface area contributed by atoms with E-state index in [0.29, 0.717) is 30.7 Å². The molecular weight excluding hydrogens is 316 g/mol. The number of carbonyl (C=O) groups is 2. The fraction of sp³-hybridized carbons (Fsp3) is 0.562. The Balaban J connectivity index is 3.02. The van der Waals surface area contributed by atoms with Gasteiger partial charge < -0.3 is 15.0 Å². The summed E-state index contributed by atoms with van der Waals surface area (Å²) in [6.07, 6.45) is 3.42. The number of pyridine rings is 1. The summed E-state index contributed by atoms with van der Waals surface area (Å²) in [4.78, 5) is 36.0. The quantitative estimate of drug-likeness (QED) is 0.716. The Bertz CT molecular complexity index is 600. The Morgan fingerprint density at radius 3 is 2.57 bits per heavy atom. The monoisotopic (exact) mass is 340 g/mol. The average Bonchev–Trinajstić information content (AvgIpc) is 2.49. The number of carbonyl (C=O) groups excluding carboxylic acids is 1. The van der Waals surface area contributed by atoms with Gasteiger partial charge in [-0.25, -0.2) is 4.79 Å². The highest BCUT2D eigenvalue weighted by Crippen LogP contribution is 2.15. The summed E-state index contributed by atoms with van der Waals surface area (Å²) in [6.45, 7) is 3.69. The molecule has 1 rings (SSSR count). The van der Waals surface area contributed by atoms with E-state index in [1.165, 1.54) is 22.4 Å². The molecule has 0 radical (unpaired) electrons. The summed E-state index contributed by atoms with van der Waals surface area (Å²) in [5.41, 5.74) is 0.427. The summed E-state index contributed by atoms with van der Waals surface area (Å²) < 4.78 is 1.44. The van der Waals surface area contributed by atoms with Gasteiger partial charge in [0.15, 0.2) is 0 Å². The van der Waals surface area contributed by atoms with E-state index < -0.39 is 24.0 Å². The lowest BCUT2D eigenvalue weighted by Gasteiger charge is -2.23. The van der Waals surface area contributed by atoms with Gasteiger partial charge in [-0.2, -0.15) is 11.8 Å². The van der Waals surface area contributed by atoms with Gasteiger partial charge in [0.25, 0.3) is 5.56 Å². The number of nitrogens with zero attached hydrogens (tertiary/aromatic N) is 1. The lowest BCUT2D eigenvalue weighted by Crippen LogP contribution is -2.46. The van der Waals surface area contributed by atoms with Crippen LogP contribution >= 0.6 is 11.8 Å². The molecule has 23 heavy (non-hydrogen) atoms. The molecule has 1 aromatic heterocycles. The molecule has 7 heteroatoms. The Hall–Kier alpha value is -1.76. The summed E-state index contributed by atoms with van der Waals surface area (Å²) >= 11 is 1.52. The van der Waals surface area contributed by atoms with Crippen LogP contribution in [0.25, 0.3) is 0 Å². The molecule has 1 heterocycles. The number of hydrogen-bond donors (Lipinski definition) is 2. The molecule has 0 aromatic carbocycles. The maximum Gasteiger partial charge on any atom is 0.326 e. The van der Waals surface area contributed by atoms with Crippen LogP contribution in [0.2, 0.25) is 0 Å². The van der Waals surface area contributed by atoms with Crippen LogP contribution < -0.4 is 10.9 Å². The fourth-order valence-electron chi connectivity index (χ4n) is 2.42. The zero-order chi connectivity index (χ0) is 17.4. The maximum absolute atomic E-state index is 12.6. The first-order chi connectivity index (χ1) is 10.9. The van der Waals surface area contributed by atoms with Gasteiger partial charge in [-0.05, 0) is 37.8 Å². The molecule has 6 nitrogen and oxygen atoms in total. The SMILES string of the molecule is CCCC(C(=O)NC(CCSC)C(=O)O)n1c(C)cccc1=O. The lowest BCUT2D eigenvalue weighted by molar-refractivity contribution is -0.142. The van der Waals surface area contributed by atoms with Gasteiger partial charge in [0, 0.05) is 11.8 Å². The standard InChI is InChI=1S/C16H24N2O4S/c1-4-6-13(18-11(2)7-5-8-14(18)19)15(20)17-12(16(21)22)9-10-23-3/h5,7-8,12-13H,4,6,9-10H2,1-3H3,(H,17,20)(H,21,22).